The summed E-state index contributed by atoms with van der Waals surface area (Å²) in [6.07, 6.45) is -5.08. The number of nitrogens with one attached hydrogen (secondary N) is 1. The van der Waals surface area contributed by atoms with Crippen LogP contribution in [0.4, 0.5) is 13.2 Å². The molecule has 0 aliphatic heterocycles. The number of aryl methyl sites for hydroxylation is 1. The average molecular weight is 583 g/mol. The van der Waals surface area contributed by atoms with Gasteiger partial charge >= 0.3 is 18.1 Å². The monoisotopic (exact) mass is 582 g/mol. The van der Waals surface area contributed by atoms with Crippen LogP contribution in [0.1, 0.15) is 59.6 Å². The number of carboxylic acid groups (broad SMARTS) is 2. The number of Topliss-reactive ketones (excluding diaryl/α,β-unsaturated/α-hetero) is 1. The van der Waals surface area contributed by atoms with E-state index in [-0.39, 0.29) is 10.8 Å². The molecule has 0 fully saturated rings. The van der Waals surface area contributed by atoms with Gasteiger partial charge in [-0.25, -0.2) is 14.6 Å². The molecule has 3 rings (SSSR count). The first-order chi connectivity index (χ1) is 18.6. The highest BCUT2D eigenvalue weighted by Crippen LogP contribution is 2.18. The van der Waals surface area contributed by atoms with Gasteiger partial charge in [0.2, 0.25) is 0 Å². The average Bonchev–Trinajstić information content (AvgIpc) is 3.30. The largest absolute Gasteiger partial charge is 0.490 e. The smallest absolute Gasteiger partial charge is 0.479 e. The molecule has 3 aromatic rings. The molecule has 214 valence electrons. The normalized spacial score (nSPS) is 11.1. The second kappa shape index (κ2) is 15.1. The molecule has 1 atom stereocenters. The number of rotatable bonds is 7. The Morgan fingerprint density at radius 3 is 2.00 bits per heavy atom. The molecule has 2 amide bonds. The second-order valence-corrected chi connectivity index (χ2v) is 8.72. The minimum atomic E-state index is -5.08. The lowest BCUT2D eigenvalue weighted by Crippen LogP contribution is -2.33. The molecule has 0 saturated heterocycles. The van der Waals surface area contributed by atoms with Gasteiger partial charge in [0, 0.05) is 19.0 Å². The van der Waals surface area contributed by atoms with E-state index in [0.29, 0.717) is 28.2 Å². The number of alkyl halides is 3. The van der Waals surface area contributed by atoms with Crippen LogP contribution in [0.2, 0.25) is 0 Å². The number of amides is 2. The van der Waals surface area contributed by atoms with Crippen molar-refractivity contribution in [1.82, 2.24) is 10.3 Å². The van der Waals surface area contributed by atoms with Crippen molar-refractivity contribution in [1.29, 1.82) is 0 Å². The lowest BCUT2D eigenvalue weighted by Gasteiger charge is -2.15. The third kappa shape index (κ3) is 10.6. The molecule has 0 aliphatic rings. The molecular weight excluding hydrogens is 557 g/mol. The highest BCUT2D eigenvalue weighted by Gasteiger charge is 2.38. The van der Waals surface area contributed by atoms with Gasteiger partial charge in [0.15, 0.2) is 16.8 Å². The van der Waals surface area contributed by atoms with Crippen LogP contribution >= 0.6 is 11.3 Å². The molecule has 0 unspecified atom stereocenters. The summed E-state index contributed by atoms with van der Waals surface area (Å²) in [4.78, 5) is 58.4. The predicted molar refractivity (Wildman–Crippen MR) is 138 cm³/mol. The Morgan fingerprint density at radius 2 is 1.60 bits per heavy atom. The van der Waals surface area contributed by atoms with Gasteiger partial charge in [-0.1, -0.05) is 42.5 Å². The fourth-order valence-electron chi connectivity index (χ4n) is 2.82. The third-order valence-corrected chi connectivity index (χ3v) is 5.92. The number of hydrogen-bond acceptors (Lipinski definition) is 8. The molecule has 1 aromatic heterocycles. The molecule has 0 bridgehead atoms. The van der Waals surface area contributed by atoms with Crippen LogP contribution in [-0.2, 0) is 16.1 Å². The number of carbonyl (C=O) groups is 5. The van der Waals surface area contributed by atoms with Crippen molar-refractivity contribution >= 4 is 40.9 Å². The molecule has 0 spiro atoms. The van der Waals surface area contributed by atoms with Crippen LogP contribution in [0.15, 0.2) is 54.6 Å². The summed E-state index contributed by atoms with van der Waals surface area (Å²) < 4.78 is 31.7. The first kappa shape index (κ1) is 33.4. The van der Waals surface area contributed by atoms with Gasteiger partial charge in [-0.15, -0.1) is 11.3 Å². The third-order valence-electron chi connectivity index (χ3n) is 4.65. The zero-order valence-corrected chi connectivity index (χ0v) is 21.9. The summed E-state index contributed by atoms with van der Waals surface area (Å²) in [5.74, 6) is -4.98. The van der Waals surface area contributed by atoms with Crippen molar-refractivity contribution in [3.63, 3.8) is 0 Å². The minimum absolute atomic E-state index is 0.0856. The van der Waals surface area contributed by atoms with Crippen molar-refractivity contribution in [3.05, 3.63) is 86.9 Å². The van der Waals surface area contributed by atoms with Gasteiger partial charge in [-0.3, -0.25) is 14.4 Å². The van der Waals surface area contributed by atoms with Gasteiger partial charge in [0.1, 0.15) is 0 Å². The highest BCUT2D eigenvalue weighted by atomic mass is 32.1. The summed E-state index contributed by atoms with van der Waals surface area (Å²) >= 11 is 1.04. The molecule has 15 heteroatoms. The fraction of sp³-hybridized carbons (Fsp3) is 0.200. The summed E-state index contributed by atoms with van der Waals surface area (Å²) in [6, 6.07) is 14.3. The lowest BCUT2D eigenvalue weighted by atomic mass is 10.1. The van der Waals surface area contributed by atoms with Crippen molar-refractivity contribution in [3.8, 4) is 0 Å². The standard InChI is InChI=1S/C16H16N2O3.C7H8N2O2S.C2HF3O2/c17-10-11-5-4-8-13(9-11)15(19)18-14(16(20)21)12-6-2-1-3-7-12;1-3-5(4(2)10)12-7(9-3)6(8)11;3-2(4,5)1(6)7/h1-9,14H,10,17H2,(H,18,19)(H,20,21);1-2H3,(H2,8,11);(H,6,7)/t14-;;/m1../s1. The van der Waals surface area contributed by atoms with E-state index >= 15 is 0 Å². The first-order valence-electron chi connectivity index (χ1n) is 11.0. The Labute approximate surface area is 229 Å². The Bertz CT molecular complexity index is 1360. The number of ketones is 1. The van der Waals surface area contributed by atoms with E-state index in [9.17, 15) is 37.5 Å². The van der Waals surface area contributed by atoms with Crippen molar-refractivity contribution in [2.45, 2.75) is 32.6 Å². The zero-order chi connectivity index (χ0) is 30.6. The fourth-order valence-corrected chi connectivity index (χ4v) is 3.63. The number of nitrogens with two attached hydrogens (primary N) is 2. The number of aliphatic carboxylic acids is 2. The number of carbonyl (C=O) groups excluding carboxylic acids is 3. The van der Waals surface area contributed by atoms with Gasteiger partial charge < -0.3 is 27.0 Å². The van der Waals surface area contributed by atoms with Crippen LogP contribution in [-0.4, -0.2) is 50.9 Å². The van der Waals surface area contributed by atoms with Crippen LogP contribution in [0.5, 0.6) is 0 Å². The Kier molecular flexibility index (Phi) is 12.6. The summed E-state index contributed by atoms with van der Waals surface area (Å²) in [5.41, 5.74) is 12.8. The van der Waals surface area contributed by atoms with E-state index < -0.39 is 36.0 Å². The van der Waals surface area contributed by atoms with E-state index in [0.717, 1.165) is 16.9 Å². The first-order valence-corrected chi connectivity index (χ1v) is 11.9. The number of primary amides is 1. The Morgan fingerprint density at radius 1 is 1.02 bits per heavy atom. The molecule has 40 heavy (non-hydrogen) atoms. The van der Waals surface area contributed by atoms with Crippen LogP contribution < -0.4 is 16.8 Å². The van der Waals surface area contributed by atoms with Crippen molar-refractivity contribution in [2.24, 2.45) is 11.5 Å². The maximum absolute atomic E-state index is 12.2. The molecular formula is C25H25F3N4O7S. The molecule has 0 radical (unpaired) electrons. The van der Waals surface area contributed by atoms with Crippen LogP contribution in [0.3, 0.4) is 0 Å². The minimum Gasteiger partial charge on any atom is -0.479 e. The van der Waals surface area contributed by atoms with E-state index in [2.05, 4.69) is 10.3 Å². The van der Waals surface area contributed by atoms with Gasteiger partial charge in [0.25, 0.3) is 11.8 Å². The van der Waals surface area contributed by atoms with Gasteiger partial charge in [0.05, 0.1) is 10.6 Å². The van der Waals surface area contributed by atoms with E-state index in [1.807, 2.05) is 6.07 Å². The second-order valence-electron chi connectivity index (χ2n) is 7.72. The van der Waals surface area contributed by atoms with E-state index in [4.69, 9.17) is 21.4 Å². The van der Waals surface area contributed by atoms with Crippen LogP contribution in [0, 0.1) is 6.92 Å². The number of benzene rings is 2. The quantitative estimate of drug-likeness (QED) is 0.259. The van der Waals surface area contributed by atoms with Gasteiger partial charge in [-0.05, 0) is 30.2 Å². The molecule has 0 aliphatic carbocycles. The molecule has 7 N–H and O–H groups in total. The maximum Gasteiger partial charge on any atom is 0.490 e. The SMILES string of the molecule is CC(=O)c1sc(C(N)=O)nc1C.NCc1cccc(C(=O)N[C@@H](C(=O)O)c2ccccc2)c1.O=C(O)C(F)(F)F. The number of halogens is 3. The Balaban J connectivity index is 0.000000354. The summed E-state index contributed by atoms with van der Waals surface area (Å²) in [7, 11) is 0. The molecule has 11 nitrogen and oxygen atoms in total. The lowest BCUT2D eigenvalue weighted by molar-refractivity contribution is -0.192. The summed E-state index contributed by atoms with van der Waals surface area (Å²) in [5, 5.41) is 19.1. The van der Waals surface area contributed by atoms with E-state index in [1.165, 1.54) is 6.92 Å². The van der Waals surface area contributed by atoms with Crippen molar-refractivity contribution in [2.75, 3.05) is 0 Å². The number of carboxylic acids is 2. The molecule has 2 aromatic carbocycles. The Hall–Kier alpha value is -4.63. The van der Waals surface area contributed by atoms with Crippen molar-refractivity contribution < 1.29 is 47.4 Å². The number of hydrogen-bond donors (Lipinski definition) is 5. The topological polar surface area (TPSA) is 203 Å². The number of nitrogens with zero attached hydrogens (tertiary/aromatic N) is 1. The predicted octanol–water partition coefficient (Wildman–Crippen LogP) is 3.09. The number of thiazole rings is 1. The number of aromatic nitrogens is 1. The van der Waals surface area contributed by atoms with E-state index in [1.54, 1.807) is 55.5 Å². The highest BCUT2D eigenvalue weighted by molar-refractivity contribution is 7.15. The zero-order valence-electron chi connectivity index (χ0n) is 21.1. The van der Waals surface area contributed by atoms with Crippen LogP contribution in [0.25, 0.3) is 0 Å². The molecule has 0 saturated carbocycles. The van der Waals surface area contributed by atoms with Gasteiger partial charge in [-0.2, -0.15) is 13.2 Å². The maximum atomic E-state index is 12.2. The summed E-state index contributed by atoms with van der Waals surface area (Å²) in [6.45, 7) is 3.44. The molecule has 1 heterocycles.